The minimum Gasteiger partial charge on any atom is -0.395 e. The predicted octanol–water partition coefficient (Wildman–Crippen LogP) is 3.48. The maximum absolute atomic E-state index is 9.38. The highest BCUT2D eigenvalue weighted by molar-refractivity contribution is 5.55. The molecule has 0 heterocycles. The molecule has 0 bridgehead atoms. The Hall–Kier alpha value is -1.06. The molecule has 0 amide bonds. The zero-order chi connectivity index (χ0) is 15.8. The van der Waals surface area contributed by atoms with Crippen molar-refractivity contribution < 1.29 is 5.11 Å². The lowest BCUT2D eigenvalue weighted by atomic mass is 10.0. The number of hydrogen-bond donors (Lipinski definition) is 2. The number of aliphatic hydroxyl groups is 1. The second-order valence-electron chi connectivity index (χ2n) is 6.04. The van der Waals surface area contributed by atoms with Crippen molar-refractivity contribution in [1.29, 1.82) is 0 Å². The van der Waals surface area contributed by atoms with Crippen molar-refractivity contribution in [3.63, 3.8) is 0 Å². The van der Waals surface area contributed by atoms with E-state index in [0.717, 1.165) is 19.4 Å². The van der Waals surface area contributed by atoms with E-state index in [2.05, 4.69) is 63.0 Å². The molecule has 0 unspecified atom stereocenters. The number of hydrogen-bond acceptors (Lipinski definition) is 3. The molecule has 3 heteroatoms. The molecule has 0 aliphatic carbocycles. The smallest absolute Gasteiger partial charge is 0.0606 e. The molecule has 0 saturated carbocycles. The Morgan fingerprint density at radius 3 is 2.33 bits per heavy atom. The van der Waals surface area contributed by atoms with Crippen LogP contribution in [0, 0.1) is 6.92 Å². The molecule has 0 saturated heterocycles. The summed E-state index contributed by atoms with van der Waals surface area (Å²) in [7, 11) is 0. The lowest BCUT2D eigenvalue weighted by Gasteiger charge is -2.33. The van der Waals surface area contributed by atoms with Crippen LogP contribution in [0.3, 0.4) is 0 Å². The molecule has 0 radical (unpaired) electrons. The molecule has 0 aliphatic rings. The van der Waals surface area contributed by atoms with Crippen LogP contribution in [-0.2, 0) is 6.54 Å². The van der Waals surface area contributed by atoms with Crippen molar-refractivity contribution >= 4 is 5.69 Å². The molecule has 1 rings (SSSR count). The second kappa shape index (κ2) is 9.06. The molecule has 1 aromatic rings. The first-order valence-electron chi connectivity index (χ1n) is 8.23. The molecule has 0 fully saturated rings. The van der Waals surface area contributed by atoms with Gasteiger partial charge < -0.3 is 15.3 Å². The molecule has 0 atom stereocenters. The minimum absolute atomic E-state index is 0.201. The van der Waals surface area contributed by atoms with Gasteiger partial charge in [-0.1, -0.05) is 39.8 Å². The van der Waals surface area contributed by atoms with E-state index in [1.165, 1.54) is 16.8 Å². The first-order valence-corrected chi connectivity index (χ1v) is 8.23. The van der Waals surface area contributed by atoms with Crippen LogP contribution in [0.25, 0.3) is 0 Å². The third kappa shape index (κ3) is 5.33. The average molecular weight is 292 g/mol. The van der Waals surface area contributed by atoms with E-state index in [9.17, 15) is 5.11 Å². The number of nitrogens with zero attached hydrogens (tertiary/aromatic N) is 1. The van der Waals surface area contributed by atoms with Gasteiger partial charge in [-0.25, -0.2) is 0 Å². The third-order valence-electron chi connectivity index (χ3n) is 4.01. The van der Waals surface area contributed by atoms with Gasteiger partial charge in [-0.05, 0) is 37.0 Å². The standard InChI is InChI=1S/C18H32N2O/c1-6-17(7-2)20(10-11-21)18-9-8-16(12-15(18)5)13-19-14(3)4/h8-9,12,14,17,19,21H,6-7,10-11,13H2,1-5H3. The van der Waals surface area contributed by atoms with Crippen LogP contribution in [0.4, 0.5) is 5.69 Å². The molecule has 120 valence electrons. The van der Waals surface area contributed by atoms with Gasteiger partial charge in [0.25, 0.3) is 0 Å². The van der Waals surface area contributed by atoms with Crippen molar-refractivity contribution in [1.82, 2.24) is 5.32 Å². The van der Waals surface area contributed by atoms with Crippen LogP contribution in [0.2, 0.25) is 0 Å². The Morgan fingerprint density at radius 1 is 1.19 bits per heavy atom. The van der Waals surface area contributed by atoms with Crippen molar-refractivity contribution in [3.8, 4) is 0 Å². The van der Waals surface area contributed by atoms with Gasteiger partial charge >= 0.3 is 0 Å². The van der Waals surface area contributed by atoms with Gasteiger partial charge in [-0.2, -0.15) is 0 Å². The second-order valence-corrected chi connectivity index (χ2v) is 6.04. The molecular formula is C18H32N2O. The monoisotopic (exact) mass is 292 g/mol. The lowest BCUT2D eigenvalue weighted by Crippen LogP contribution is -2.37. The van der Waals surface area contributed by atoms with Crippen LogP contribution in [0.1, 0.15) is 51.7 Å². The Labute approximate surface area is 130 Å². The zero-order valence-corrected chi connectivity index (χ0v) is 14.3. The molecular weight excluding hydrogens is 260 g/mol. The summed E-state index contributed by atoms with van der Waals surface area (Å²) in [5.74, 6) is 0. The fourth-order valence-corrected chi connectivity index (χ4v) is 2.81. The number of nitrogens with one attached hydrogen (secondary N) is 1. The predicted molar refractivity (Wildman–Crippen MR) is 92.0 cm³/mol. The summed E-state index contributed by atoms with van der Waals surface area (Å²) in [5, 5.41) is 12.8. The van der Waals surface area contributed by atoms with Gasteiger partial charge in [0.15, 0.2) is 0 Å². The van der Waals surface area contributed by atoms with Crippen LogP contribution in [-0.4, -0.2) is 30.3 Å². The maximum Gasteiger partial charge on any atom is 0.0606 e. The number of benzene rings is 1. The molecule has 2 N–H and O–H groups in total. The van der Waals surface area contributed by atoms with E-state index in [4.69, 9.17) is 0 Å². The fraction of sp³-hybridized carbons (Fsp3) is 0.667. The summed E-state index contributed by atoms with van der Waals surface area (Å²) in [6.07, 6.45) is 2.21. The first-order chi connectivity index (χ1) is 10.0. The number of aliphatic hydroxyl groups excluding tert-OH is 1. The van der Waals surface area contributed by atoms with E-state index in [1.807, 2.05) is 0 Å². The van der Waals surface area contributed by atoms with Crippen LogP contribution in [0.5, 0.6) is 0 Å². The van der Waals surface area contributed by atoms with Crippen LogP contribution >= 0.6 is 0 Å². The summed E-state index contributed by atoms with van der Waals surface area (Å²) in [6.45, 7) is 12.7. The largest absolute Gasteiger partial charge is 0.395 e. The fourth-order valence-electron chi connectivity index (χ4n) is 2.81. The van der Waals surface area contributed by atoms with Crippen molar-refractivity contribution in [2.45, 2.75) is 66.1 Å². The van der Waals surface area contributed by atoms with E-state index in [-0.39, 0.29) is 6.61 Å². The number of aryl methyl sites for hydroxylation is 1. The first kappa shape index (κ1) is 18.0. The van der Waals surface area contributed by atoms with Gasteiger partial charge in [0.05, 0.1) is 6.61 Å². The summed E-state index contributed by atoms with van der Waals surface area (Å²) >= 11 is 0. The van der Waals surface area contributed by atoms with Gasteiger partial charge in [-0.15, -0.1) is 0 Å². The Bertz CT molecular complexity index is 414. The van der Waals surface area contributed by atoms with E-state index >= 15 is 0 Å². The minimum atomic E-state index is 0.201. The van der Waals surface area contributed by atoms with Crippen molar-refractivity contribution in [3.05, 3.63) is 29.3 Å². The molecule has 1 aromatic carbocycles. The average Bonchev–Trinajstić information content (AvgIpc) is 2.46. The Kier molecular flexibility index (Phi) is 7.76. The molecule has 21 heavy (non-hydrogen) atoms. The van der Waals surface area contributed by atoms with Gasteiger partial charge in [0.1, 0.15) is 0 Å². The molecule has 0 aromatic heterocycles. The van der Waals surface area contributed by atoms with Crippen LogP contribution < -0.4 is 10.2 Å². The summed E-state index contributed by atoms with van der Waals surface area (Å²) in [4.78, 5) is 2.36. The summed E-state index contributed by atoms with van der Waals surface area (Å²) in [6, 6.07) is 7.67. The van der Waals surface area contributed by atoms with E-state index in [1.54, 1.807) is 0 Å². The van der Waals surface area contributed by atoms with E-state index < -0.39 is 0 Å². The normalized spacial score (nSPS) is 11.4. The highest BCUT2D eigenvalue weighted by atomic mass is 16.3. The van der Waals surface area contributed by atoms with E-state index in [0.29, 0.717) is 18.6 Å². The molecule has 0 aliphatic heterocycles. The highest BCUT2D eigenvalue weighted by Gasteiger charge is 2.17. The van der Waals surface area contributed by atoms with Crippen LogP contribution in [0.15, 0.2) is 18.2 Å². The van der Waals surface area contributed by atoms with Crippen molar-refractivity contribution in [2.24, 2.45) is 0 Å². The maximum atomic E-state index is 9.38. The molecule has 3 nitrogen and oxygen atoms in total. The topological polar surface area (TPSA) is 35.5 Å². The third-order valence-corrected chi connectivity index (χ3v) is 4.01. The molecule has 0 spiro atoms. The highest BCUT2D eigenvalue weighted by Crippen LogP contribution is 2.25. The van der Waals surface area contributed by atoms with Crippen molar-refractivity contribution in [2.75, 3.05) is 18.1 Å². The number of anilines is 1. The summed E-state index contributed by atoms with van der Waals surface area (Å²) < 4.78 is 0. The SMILES string of the molecule is CCC(CC)N(CCO)c1ccc(CNC(C)C)cc1C. The lowest BCUT2D eigenvalue weighted by molar-refractivity contribution is 0.296. The Balaban J connectivity index is 2.93. The Morgan fingerprint density at radius 2 is 1.86 bits per heavy atom. The van der Waals surface area contributed by atoms with Gasteiger partial charge in [0.2, 0.25) is 0 Å². The zero-order valence-electron chi connectivity index (χ0n) is 14.3. The van der Waals surface area contributed by atoms with Gasteiger partial charge in [-0.3, -0.25) is 0 Å². The van der Waals surface area contributed by atoms with Gasteiger partial charge in [0, 0.05) is 30.9 Å². The number of rotatable bonds is 9. The quantitative estimate of drug-likeness (QED) is 0.731. The summed E-state index contributed by atoms with van der Waals surface area (Å²) in [5.41, 5.74) is 3.86.